The first kappa shape index (κ1) is 15.2. The second-order valence-electron chi connectivity index (χ2n) is 5.53. The quantitative estimate of drug-likeness (QED) is 0.707. The molecule has 2 N–H and O–H groups in total. The second-order valence-corrected chi connectivity index (χ2v) is 5.53. The van der Waals surface area contributed by atoms with Crippen LogP contribution in [0.25, 0.3) is 0 Å². The molecule has 106 valence electrons. The van der Waals surface area contributed by atoms with E-state index in [4.69, 9.17) is 0 Å². The van der Waals surface area contributed by atoms with E-state index in [0.29, 0.717) is 12.6 Å². The lowest BCUT2D eigenvalue weighted by atomic mass is 9.92. The maximum atomic E-state index is 11.3. The van der Waals surface area contributed by atoms with E-state index in [9.17, 15) is 4.79 Å². The van der Waals surface area contributed by atoms with Gasteiger partial charge in [-0.25, -0.2) is 4.79 Å². The number of nitrogens with zero attached hydrogens (tertiary/aromatic N) is 2. The SMILES string of the molecule is CC(NCCNC(=O)N(C)C)C1CCCN(C)C1. The molecule has 5 nitrogen and oxygen atoms in total. The molecule has 1 saturated heterocycles. The Morgan fingerprint density at radius 1 is 1.44 bits per heavy atom. The number of piperidine rings is 1. The molecule has 1 aliphatic heterocycles. The van der Waals surface area contributed by atoms with Crippen molar-refractivity contribution in [1.29, 1.82) is 0 Å². The summed E-state index contributed by atoms with van der Waals surface area (Å²) in [6, 6.07) is 0.492. The summed E-state index contributed by atoms with van der Waals surface area (Å²) in [5.41, 5.74) is 0. The number of carbonyl (C=O) groups is 1. The molecule has 0 saturated carbocycles. The molecule has 2 unspecified atom stereocenters. The molecule has 0 aromatic rings. The summed E-state index contributed by atoms with van der Waals surface area (Å²) in [4.78, 5) is 15.3. The molecule has 1 aliphatic rings. The number of amides is 2. The minimum atomic E-state index is -0.0261. The van der Waals surface area contributed by atoms with E-state index in [-0.39, 0.29) is 6.03 Å². The van der Waals surface area contributed by atoms with E-state index in [1.807, 2.05) is 0 Å². The van der Waals surface area contributed by atoms with Crippen LogP contribution in [0.4, 0.5) is 4.79 Å². The van der Waals surface area contributed by atoms with E-state index in [0.717, 1.165) is 12.5 Å². The average Bonchev–Trinajstić information content (AvgIpc) is 2.33. The molecule has 0 aromatic heterocycles. The van der Waals surface area contributed by atoms with Crippen molar-refractivity contribution in [3.8, 4) is 0 Å². The number of urea groups is 1. The number of hydrogen-bond acceptors (Lipinski definition) is 3. The summed E-state index contributed by atoms with van der Waals surface area (Å²) in [7, 11) is 5.70. The number of nitrogens with one attached hydrogen (secondary N) is 2. The average molecular weight is 256 g/mol. The standard InChI is InChI=1S/C13H28N4O/c1-11(12-6-5-9-17(4)10-12)14-7-8-15-13(18)16(2)3/h11-12,14H,5-10H2,1-4H3,(H,15,18). The zero-order chi connectivity index (χ0) is 13.5. The molecule has 2 amide bonds. The number of carbonyl (C=O) groups excluding carboxylic acids is 1. The zero-order valence-electron chi connectivity index (χ0n) is 12.2. The predicted octanol–water partition coefficient (Wildman–Crippen LogP) is 0.578. The van der Waals surface area contributed by atoms with E-state index in [1.54, 1.807) is 19.0 Å². The van der Waals surface area contributed by atoms with Crippen LogP contribution in [0.2, 0.25) is 0 Å². The monoisotopic (exact) mass is 256 g/mol. The molecular formula is C13H28N4O. The van der Waals surface area contributed by atoms with Crippen molar-refractivity contribution in [3.63, 3.8) is 0 Å². The Bertz CT molecular complexity index is 257. The Labute approximate surface area is 111 Å². The van der Waals surface area contributed by atoms with Gasteiger partial charge in [-0.2, -0.15) is 0 Å². The molecule has 0 aromatic carbocycles. The van der Waals surface area contributed by atoms with Crippen LogP contribution >= 0.6 is 0 Å². The fourth-order valence-electron chi connectivity index (χ4n) is 2.41. The molecular weight excluding hydrogens is 228 g/mol. The van der Waals surface area contributed by atoms with E-state index in [2.05, 4.69) is 29.5 Å². The lowest BCUT2D eigenvalue weighted by Crippen LogP contribution is -2.45. The van der Waals surface area contributed by atoms with Crippen LogP contribution in [0.1, 0.15) is 19.8 Å². The smallest absolute Gasteiger partial charge is 0.316 e. The van der Waals surface area contributed by atoms with Crippen LogP contribution in [-0.4, -0.2) is 69.2 Å². The van der Waals surface area contributed by atoms with Gasteiger partial charge in [-0.05, 0) is 39.3 Å². The molecule has 18 heavy (non-hydrogen) atoms. The van der Waals surface area contributed by atoms with Gasteiger partial charge in [0, 0.05) is 39.8 Å². The van der Waals surface area contributed by atoms with Crippen molar-refractivity contribution in [2.75, 3.05) is 47.3 Å². The third-order valence-electron chi connectivity index (χ3n) is 3.64. The first-order valence-electron chi connectivity index (χ1n) is 6.87. The molecule has 0 bridgehead atoms. The summed E-state index contributed by atoms with van der Waals surface area (Å²) in [5, 5.41) is 6.37. The van der Waals surface area contributed by atoms with Gasteiger partial charge >= 0.3 is 6.03 Å². The van der Waals surface area contributed by atoms with Crippen molar-refractivity contribution in [2.24, 2.45) is 5.92 Å². The molecule has 0 aliphatic carbocycles. The van der Waals surface area contributed by atoms with Gasteiger partial charge in [0.05, 0.1) is 0 Å². The Kier molecular flexibility index (Phi) is 6.43. The van der Waals surface area contributed by atoms with Gasteiger partial charge in [-0.15, -0.1) is 0 Å². The second kappa shape index (κ2) is 7.59. The largest absolute Gasteiger partial charge is 0.337 e. The van der Waals surface area contributed by atoms with Gasteiger partial charge in [-0.1, -0.05) is 0 Å². The number of rotatable bonds is 5. The molecule has 0 radical (unpaired) electrons. The van der Waals surface area contributed by atoms with Gasteiger partial charge in [-0.3, -0.25) is 0 Å². The summed E-state index contributed by atoms with van der Waals surface area (Å²) in [5.74, 6) is 0.730. The van der Waals surface area contributed by atoms with Gasteiger partial charge in [0.25, 0.3) is 0 Å². The first-order valence-corrected chi connectivity index (χ1v) is 6.87. The summed E-state index contributed by atoms with van der Waals surface area (Å²) in [6.07, 6.45) is 2.60. The topological polar surface area (TPSA) is 47.6 Å². The normalized spacial score (nSPS) is 22.6. The Morgan fingerprint density at radius 2 is 2.17 bits per heavy atom. The molecule has 2 atom stereocenters. The van der Waals surface area contributed by atoms with Gasteiger partial charge in [0.1, 0.15) is 0 Å². The molecule has 5 heteroatoms. The van der Waals surface area contributed by atoms with Crippen molar-refractivity contribution < 1.29 is 4.79 Å². The highest BCUT2D eigenvalue weighted by Gasteiger charge is 2.22. The van der Waals surface area contributed by atoms with Crippen LogP contribution in [0.3, 0.4) is 0 Å². The van der Waals surface area contributed by atoms with Crippen molar-refractivity contribution in [3.05, 3.63) is 0 Å². The minimum absolute atomic E-state index is 0.0261. The summed E-state index contributed by atoms with van der Waals surface area (Å²) < 4.78 is 0. The maximum absolute atomic E-state index is 11.3. The highest BCUT2D eigenvalue weighted by molar-refractivity contribution is 5.73. The number of hydrogen-bond donors (Lipinski definition) is 2. The van der Waals surface area contributed by atoms with E-state index < -0.39 is 0 Å². The van der Waals surface area contributed by atoms with Gasteiger partial charge in [0.2, 0.25) is 0 Å². The van der Waals surface area contributed by atoms with E-state index >= 15 is 0 Å². The lowest BCUT2D eigenvalue weighted by Gasteiger charge is -2.34. The molecule has 1 heterocycles. The number of likely N-dealkylation sites (tertiary alicyclic amines) is 1. The van der Waals surface area contributed by atoms with Gasteiger partial charge in [0.15, 0.2) is 0 Å². The van der Waals surface area contributed by atoms with Crippen LogP contribution in [0.15, 0.2) is 0 Å². The van der Waals surface area contributed by atoms with Crippen molar-refractivity contribution in [1.82, 2.24) is 20.4 Å². The third kappa shape index (κ3) is 5.23. The van der Waals surface area contributed by atoms with Crippen LogP contribution in [0, 0.1) is 5.92 Å². The van der Waals surface area contributed by atoms with Crippen LogP contribution in [-0.2, 0) is 0 Å². The lowest BCUT2D eigenvalue weighted by molar-refractivity contribution is 0.179. The molecule has 1 rings (SSSR count). The maximum Gasteiger partial charge on any atom is 0.316 e. The van der Waals surface area contributed by atoms with Crippen LogP contribution in [0.5, 0.6) is 0 Å². The first-order chi connectivity index (χ1) is 8.50. The highest BCUT2D eigenvalue weighted by atomic mass is 16.2. The highest BCUT2D eigenvalue weighted by Crippen LogP contribution is 2.18. The zero-order valence-corrected chi connectivity index (χ0v) is 12.2. The van der Waals surface area contributed by atoms with Gasteiger partial charge < -0.3 is 20.4 Å². The van der Waals surface area contributed by atoms with E-state index in [1.165, 1.54) is 25.9 Å². The van der Waals surface area contributed by atoms with Crippen LogP contribution < -0.4 is 10.6 Å². The molecule has 0 spiro atoms. The Hall–Kier alpha value is -0.810. The Morgan fingerprint density at radius 3 is 2.78 bits per heavy atom. The van der Waals surface area contributed by atoms with Crippen molar-refractivity contribution in [2.45, 2.75) is 25.8 Å². The predicted molar refractivity (Wildman–Crippen MR) is 74.8 cm³/mol. The summed E-state index contributed by atoms with van der Waals surface area (Å²) >= 11 is 0. The Balaban J connectivity index is 2.13. The third-order valence-corrected chi connectivity index (χ3v) is 3.64. The fraction of sp³-hybridized carbons (Fsp3) is 0.923. The molecule has 1 fully saturated rings. The summed E-state index contributed by atoms with van der Waals surface area (Å²) in [6.45, 7) is 6.17. The minimum Gasteiger partial charge on any atom is -0.337 e. The van der Waals surface area contributed by atoms with Crippen molar-refractivity contribution >= 4 is 6.03 Å². The fourth-order valence-corrected chi connectivity index (χ4v) is 2.41.